The van der Waals surface area contributed by atoms with Crippen LogP contribution in [0.1, 0.15) is 6.92 Å². The number of carbonyl (C=O) groups is 1. The third-order valence-corrected chi connectivity index (χ3v) is 2.89. The molecular formula is C8H8N4O4S. The van der Waals surface area contributed by atoms with Gasteiger partial charge in [0, 0.05) is 5.38 Å². The van der Waals surface area contributed by atoms with E-state index >= 15 is 0 Å². The normalized spacial score (nSPS) is 12.5. The minimum Gasteiger partial charge on any atom is -0.480 e. The van der Waals surface area contributed by atoms with Gasteiger partial charge in [-0.05, 0) is 11.8 Å². The highest BCUT2D eigenvalue weighted by atomic mass is 32.1. The van der Waals surface area contributed by atoms with Crippen molar-refractivity contribution in [1.29, 1.82) is 0 Å². The van der Waals surface area contributed by atoms with Crippen molar-refractivity contribution in [2.24, 2.45) is 0 Å². The average molecular weight is 256 g/mol. The Morgan fingerprint density at radius 3 is 3.06 bits per heavy atom. The molecular weight excluding hydrogens is 248 g/mol. The molecule has 0 bridgehead atoms. The Hall–Kier alpha value is -2.16. The van der Waals surface area contributed by atoms with E-state index < -0.39 is 16.9 Å². The van der Waals surface area contributed by atoms with Crippen molar-refractivity contribution in [2.75, 3.05) is 5.32 Å². The quantitative estimate of drug-likeness (QED) is 0.628. The lowest BCUT2D eigenvalue weighted by Gasteiger charge is -2.06. The number of fused-ring (bicyclic) bond motifs is 1. The van der Waals surface area contributed by atoms with E-state index in [1.165, 1.54) is 28.9 Å². The first-order chi connectivity index (χ1) is 8.00. The number of hydrogen-bond donors (Lipinski definition) is 2. The first-order valence-corrected chi connectivity index (χ1v) is 5.48. The Bertz CT molecular complexity index is 589. The second-order valence-electron chi connectivity index (χ2n) is 3.30. The van der Waals surface area contributed by atoms with Gasteiger partial charge in [-0.1, -0.05) is 11.3 Å². The summed E-state index contributed by atoms with van der Waals surface area (Å²) in [6.07, 6.45) is 1.52. The van der Waals surface area contributed by atoms with Crippen LogP contribution in [0.5, 0.6) is 0 Å². The van der Waals surface area contributed by atoms with Gasteiger partial charge in [0.05, 0.1) is 0 Å². The summed E-state index contributed by atoms with van der Waals surface area (Å²) in [5.41, 5.74) is 0. The Labute approximate surface area is 98.7 Å². The lowest BCUT2D eigenvalue weighted by Crippen LogP contribution is -2.25. The predicted molar refractivity (Wildman–Crippen MR) is 60.4 cm³/mol. The number of anilines is 1. The Balaban J connectivity index is 2.45. The Kier molecular flexibility index (Phi) is 2.68. The van der Waals surface area contributed by atoms with E-state index in [1.807, 2.05) is 0 Å². The number of nitrogens with one attached hydrogen (secondary N) is 1. The minimum atomic E-state index is -1.10. The van der Waals surface area contributed by atoms with E-state index in [9.17, 15) is 14.9 Å². The van der Waals surface area contributed by atoms with Crippen LogP contribution in [0, 0.1) is 10.1 Å². The molecule has 9 heteroatoms. The molecule has 0 unspecified atom stereocenters. The van der Waals surface area contributed by atoms with Gasteiger partial charge in [0.2, 0.25) is 5.82 Å². The van der Waals surface area contributed by atoms with Crippen molar-refractivity contribution in [3.8, 4) is 0 Å². The zero-order chi connectivity index (χ0) is 12.6. The lowest BCUT2D eigenvalue weighted by molar-refractivity contribution is -0.389. The zero-order valence-electron chi connectivity index (χ0n) is 8.65. The first-order valence-electron chi connectivity index (χ1n) is 4.60. The van der Waals surface area contributed by atoms with Gasteiger partial charge >= 0.3 is 11.8 Å². The summed E-state index contributed by atoms with van der Waals surface area (Å²) >= 11 is 1.24. The van der Waals surface area contributed by atoms with Gasteiger partial charge in [0.15, 0.2) is 0 Å². The number of carboxylic acid groups (broad SMARTS) is 1. The van der Waals surface area contributed by atoms with Crippen LogP contribution >= 0.6 is 11.3 Å². The summed E-state index contributed by atoms with van der Waals surface area (Å²) in [5, 5.41) is 23.8. The van der Waals surface area contributed by atoms with Crippen LogP contribution in [-0.4, -0.2) is 31.4 Å². The second kappa shape index (κ2) is 4.01. The average Bonchev–Trinajstić information content (AvgIpc) is 2.75. The maximum Gasteiger partial charge on any atom is 0.372 e. The largest absolute Gasteiger partial charge is 0.480 e. The van der Waals surface area contributed by atoms with Crippen LogP contribution in [0.4, 0.5) is 11.6 Å². The number of nitrogens with zero attached hydrogens (tertiary/aromatic N) is 3. The third-order valence-electron chi connectivity index (χ3n) is 2.13. The van der Waals surface area contributed by atoms with Gasteiger partial charge in [-0.15, -0.1) is 0 Å². The maximum absolute atomic E-state index is 10.9. The molecule has 0 amide bonds. The van der Waals surface area contributed by atoms with Crippen molar-refractivity contribution >= 4 is 33.9 Å². The van der Waals surface area contributed by atoms with Crippen LogP contribution in [-0.2, 0) is 4.79 Å². The number of hydrogen-bond acceptors (Lipinski definition) is 6. The molecule has 0 aliphatic carbocycles. The van der Waals surface area contributed by atoms with Crippen LogP contribution in [0.25, 0.3) is 4.96 Å². The molecule has 2 aromatic heterocycles. The molecule has 0 saturated carbocycles. The Morgan fingerprint density at radius 2 is 2.47 bits per heavy atom. The van der Waals surface area contributed by atoms with Crippen LogP contribution in [0.2, 0.25) is 0 Å². The van der Waals surface area contributed by atoms with E-state index in [4.69, 9.17) is 5.11 Å². The van der Waals surface area contributed by atoms with Gasteiger partial charge in [-0.2, -0.15) is 9.38 Å². The van der Waals surface area contributed by atoms with Crippen molar-refractivity contribution in [3.05, 3.63) is 21.7 Å². The number of carboxylic acids is 1. The monoisotopic (exact) mass is 256 g/mol. The molecule has 0 aliphatic heterocycles. The Morgan fingerprint density at radius 1 is 1.76 bits per heavy atom. The SMILES string of the molecule is C[C@@H](Nc1nc2sccn2c1[N+](=O)[O-])C(=O)O. The van der Waals surface area contributed by atoms with Crippen molar-refractivity contribution in [2.45, 2.75) is 13.0 Å². The standard InChI is InChI=1S/C8H8N4O4S/c1-4(7(13)14)9-5-6(12(15)16)11-2-3-17-8(11)10-5/h2-4,9H,1H3,(H,13,14)/t4-/m1/s1. The number of nitro groups is 1. The zero-order valence-corrected chi connectivity index (χ0v) is 9.47. The van der Waals surface area contributed by atoms with E-state index in [2.05, 4.69) is 10.3 Å². The van der Waals surface area contributed by atoms with Gasteiger partial charge in [-0.3, -0.25) is 4.79 Å². The van der Waals surface area contributed by atoms with E-state index in [-0.39, 0.29) is 11.6 Å². The van der Waals surface area contributed by atoms with Gasteiger partial charge in [-0.25, -0.2) is 0 Å². The lowest BCUT2D eigenvalue weighted by atomic mass is 10.3. The molecule has 0 radical (unpaired) electrons. The molecule has 90 valence electrons. The number of aliphatic carboxylic acids is 1. The minimum absolute atomic E-state index is 0.0308. The summed E-state index contributed by atoms with van der Waals surface area (Å²) in [5.74, 6) is -1.39. The molecule has 0 aromatic carbocycles. The summed E-state index contributed by atoms with van der Waals surface area (Å²) in [7, 11) is 0. The van der Waals surface area contributed by atoms with Crippen LogP contribution < -0.4 is 5.32 Å². The molecule has 1 atom stereocenters. The highest BCUT2D eigenvalue weighted by molar-refractivity contribution is 7.15. The fourth-order valence-corrected chi connectivity index (χ4v) is 2.02. The smallest absolute Gasteiger partial charge is 0.372 e. The van der Waals surface area contributed by atoms with Gasteiger partial charge in [0.1, 0.15) is 12.2 Å². The van der Waals surface area contributed by atoms with Crippen LogP contribution in [0.3, 0.4) is 0 Å². The number of thiazole rings is 1. The maximum atomic E-state index is 10.9. The van der Waals surface area contributed by atoms with E-state index in [0.717, 1.165) is 0 Å². The first kappa shape index (κ1) is 11.3. The predicted octanol–water partition coefficient (Wildman–Crippen LogP) is 1.19. The number of rotatable bonds is 4. The van der Waals surface area contributed by atoms with Crippen molar-refractivity contribution in [3.63, 3.8) is 0 Å². The molecule has 0 saturated heterocycles. The van der Waals surface area contributed by atoms with E-state index in [1.54, 1.807) is 5.38 Å². The molecule has 2 aromatic rings. The van der Waals surface area contributed by atoms with Crippen LogP contribution in [0.15, 0.2) is 11.6 Å². The van der Waals surface area contributed by atoms with E-state index in [0.29, 0.717) is 4.96 Å². The van der Waals surface area contributed by atoms with Gasteiger partial charge < -0.3 is 20.5 Å². The molecule has 17 heavy (non-hydrogen) atoms. The number of aromatic nitrogens is 2. The van der Waals surface area contributed by atoms with Crippen molar-refractivity contribution in [1.82, 2.24) is 9.38 Å². The highest BCUT2D eigenvalue weighted by Crippen LogP contribution is 2.28. The summed E-state index contributed by atoms with van der Waals surface area (Å²) in [6.45, 7) is 1.39. The van der Waals surface area contributed by atoms with Crippen molar-refractivity contribution < 1.29 is 14.8 Å². The molecule has 2 N–H and O–H groups in total. The fourth-order valence-electron chi connectivity index (χ4n) is 1.31. The molecule has 2 heterocycles. The second-order valence-corrected chi connectivity index (χ2v) is 4.17. The molecule has 2 rings (SSSR count). The molecule has 0 spiro atoms. The summed E-state index contributed by atoms with van der Waals surface area (Å²) in [4.78, 5) is 25.4. The molecule has 0 fully saturated rings. The third kappa shape index (κ3) is 1.91. The molecule has 8 nitrogen and oxygen atoms in total. The fraction of sp³-hybridized carbons (Fsp3) is 0.250. The topological polar surface area (TPSA) is 110 Å². The number of imidazole rings is 1. The van der Waals surface area contributed by atoms with Gasteiger partial charge in [0.25, 0.3) is 4.96 Å². The highest BCUT2D eigenvalue weighted by Gasteiger charge is 2.25. The summed E-state index contributed by atoms with van der Waals surface area (Å²) < 4.78 is 1.31. The summed E-state index contributed by atoms with van der Waals surface area (Å²) in [6, 6.07) is -0.946. The molecule has 0 aliphatic rings.